The van der Waals surface area contributed by atoms with Crippen LogP contribution in [-0.4, -0.2) is 16.7 Å². The minimum absolute atomic E-state index is 0.183. The van der Waals surface area contributed by atoms with E-state index in [0.29, 0.717) is 17.9 Å². The summed E-state index contributed by atoms with van der Waals surface area (Å²) in [6.45, 7) is 0.569. The highest BCUT2D eigenvalue weighted by atomic mass is 16.5. The van der Waals surface area contributed by atoms with Crippen molar-refractivity contribution in [1.82, 2.24) is 9.55 Å². The van der Waals surface area contributed by atoms with Gasteiger partial charge < -0.3 is 14.0 Å². The van der Waals surface area contributed by atoms with Crippen LogP contribution in [0.25, 0.3) is 10.8 Å². The van der Waals surface area contributed by atoms with E-state index in [2.05, 4.69) is 53.5 Å². The van der Waals surface area contributed by atoms with Crippen LogP contribution in [0.15, 0.2) is 97.3 Å². The molecule has 0 saturated heterocycles. The van der Waals surface area contributed by atoms with Crippen LogP contribution in [0.5, 0.6) is 17.4 Å². The lowest BCUT2D eigenvalue weighted by Crippen LogP contribution is -2.30. The molecule has 6 rings (SSSR count). The number of hydrogen-bond acceptors (Lipinski definition) is 4. The third-order valence-corrected chi connectivity index (χ3v) is 6.44. The summed E-state index contributed by atoms with van der Waals surface area (Å²) in [6, 6.07) is 30.6. The lowest BCUT2D eigenvalue weighted by molar-refractivity contribution is 0.414. The van der Waals surface area contributed by atoms with Gasteiger partial charge in [-0.05, 0) is 28.6 Å². The largest absolute Gasteiger partial charge is 0.497 e. The normalized spacial score (nSPS) is 14.2. The lowest BCUT2D eigenvalue weighted by atomic mass is 9.83. The van der Waals surface area contributed by atoms with Gasteiger partial charge in [0.05, 0.1) is 19.2 Å². The summed E-state index contributed by atoms with van der Waals surface area (Å²) in [5.41, 5.74) is 4.38. The van der Waals surface area contributed by atoms with Crippen molar-refractivity contribution in [3.05, 3.63) is 125 Å². The zero-order valence-corrected chi connectivity index (χ0v) is 18.7. The number of fused-ring (bicyclic) bond motifs is 4. The van der Waals surface area contributed by atoms with Crippen molar-refractivity contribution in [2.75, 3.05) is 7.11 Å². The van der Waals surface area contributed by atoms with Gasteiger partial charge in [0.25, 0.3) is 0 Å². The molecule has 1 unspecified atom stereocenters. The Bertz CT molecular complexity index is 1560. The molecule has 4 aromatic carbocycles. The smallest absolute Gasteiger partial charge is 0.228 e. The molecule has 0 fully saturated rings. The summed E-state index contributed by atoms with van der Waals surface area (Å²) in [5, 5.41) is 11.3. The van der Waals surface area contributed by atoms with Gasteiger partial charge in [0, 0.05) is 16.9 Å². The molecule has 0 amide bonds. The fourth-order valence-electron chi connectivity index (χ4n) is 4.74. The highest BCUT2D eigenvalue weighted by Crippen LogP contribution is 2.48. The van der Waals surface area contributed by atoms with Crippen LogP contribution in [0.3, 0.4) is 0 Å². The van der Waals surface area contributed by atoms with Crippen molar-refractivity contribution in [3.8, 4) is 17.4 Å². The summed E-state index contributed by atoms with van der Waals surface area (Å²) in [6.07, 6.45) is 1.70. The quantitative estimate of drug-likeness (QED) is 0.370. The maximum Gasteiger partial charge on any atom is 0.228 e. The fraction of sp³-hybridized carbons (Fsp3) is 0.103. The second-order valence-corrected chi connectivity index (χ2v) is 8.44. The number of nitrogens with one attached hydrogen (secondary N) is 1. The first-order valence-electron chi connectivity index (χ1n) is 11.2. The predicted molar refractivity (Wildman–Crippen MR) is 132 cm³/mol. The molecule has 5 heteroatoms. The average molecular weight is 446 g/mol. The Balaban J connectivity index is 1.57. The molecule has 1 aliphatic rings. The zero-order valence-electron chi connectivity index (χ0n) is 18.7. The third-order valence-electron chi connectivity index (χ3n) is 6.44. The number of aromatic nitrogens is 2. The molecule has 5 nitrogen and oxygen atoms in total. The first kappa shape index (κ1) is 20.2. The van der Waals surface area contributed by atoms with Gasteiger partial charge in [0.15, 0.2) is 0 Å². The van der Waals surface area contributed by atoms with E-state index in [0.717, 1.165) is 44.5 Å². The number of nitrogens with zero attached hydrogens (tertiary/aromatic N) is 2. The van der Waals surface area contributed by atoms with Crippen LogP contribution < -0.4 is 15.0 Å². The lowest BCUT2D eigenvalue weighted by Gasteiger charge is -2.29. The standard InChI is InChI=1S/C29H23N3O2/c1-33-22-14-11-21(12-15-22)25-24-16-13-20-9-5-6-10-23(20)27(24)34-29-26(25)28(30)32(18-31-29)17-19-7-3-2-4-8-19/h2-16,18,25,30H,17H2,1H3. The summed E-state index contributed by atoms with van der Waals surface area (Å²) >= 11 is 0. The second-order valence-electron chi connectivity index (χ2n) is 8.44. The third kappa shape index (κ3) is 3.33. The van der Waals surface area contributed by atoms with Gasteiger partial charge in [-0.25, -0.2) is 4.98 Å². The van der Waals surface area contributed by atoms with Crippen LogP contribution in [0.4, 0.5) is 0 Å². The van der Waals surface area contributed by atoms with Crippen LogP contribution in [0, 0.1) is 5.41 Å². The molecule has 1 N–H and O–H groups in total. The molecule has 0 spiro atoms. The summed E-state index contributed by atoms with van der Waals surface area (Å²) in [7, 11) is 1.67. The van der Waals surface area contributed by atoms with Crippen molar-refractivity contribution in [1.29, 1.82) is 5.41 Å². The number of hydrogen-bond donors (Lipinski definition) is 1. The first-order valence-corrected chi connectivity index (χ1v) is 11.2. The maximum absolute atomic E-state index is 9.15. The Morgan fingerprint density at radius 1 is 0.912 bits per heavy atom. The Hall–Kier alpha value is -4.38. The molecule has 1 atom stereocenters. The second kappa shape index (κ2) is 8.19. The molecule has 1 aromatic heterocycles. The average Bonchev–Trinajstić information content (AvgIpc) is 2.90. The van der Waals surface area contributed by atoms with E-state index in [1.807, 2.05) is 47.0 Å². The van der Waals surface area contributed by atoms with E-state index in [-0.39, 0.29) is 5.92 Å². The molecular formula is C29H23N3O2. The molecule has 34 heavy (non-hydrogen) atoms. The topological polar surface area (TPSA) is 60.1 Å². The highest BCUT2D eigenvalue weighted by molar-refractivity contribution is 5.91. The van der Waals surface area contributed by atoms with Crippen molar-refractivity contribution in [2.45, 2.75) is 12.5 Å². The molecule has 1 aliphatic heterocycles. The van der Waals surface area contributed by atoms with Gasteiger partial charge in [0.1, 0.15) is 23.3 Å². The highest BCUT2D eigenvalue weighted by Gasteiger charge is 2.33. The first-order chi connectivity index (χ1) is 16.7. The number of benzene rings is 4. The van der Waals surface area contributed by atoms with Gasteiger partial charge in [-0.15, -0.1) is 0 Å². The summed E-state index contributed by atoms with van der Waals surface area (Å²) < 4.78 is 13.7. The van der Waals surface area contributed by atoms with Gasteiger partial charge in [-0.3, -0.25) is 5.41 Å². The van der Waals surface area contributed by atoms with E-state index in [1.54, 1.807) is 13.4 Å². The molecule has 5 aromatic rings. The minimum atomic E-state index is -0.183. The number of methoxy groups -OCH3 is 1. The van der Waals surface area contributed by atoms with Gasteiger partial charge >= 0.3 is 0 Å². The molecule has 166 valence electrons. The Kier molecular flexibility index (Phi) is 4.88. The van der Waals surface area contributed by atoms with E-state index in [4.69, 9.17) is 14.9 Å². The molecule has 0 radical (unpaired) electrons. The molecular weight excluding hydrogens is 422 g/mol. The van der Waals surface area contributed by atoms with E-state index >= 15 is 0 Å². The number of ether oxygens (including phenoxy) is 2. The summed E-state index contributed by atoms with van der Waals surface area (Å²) in [5.74, 6) is 1.90. The van der Waals surface area contributed by atoms with E-state index < -0.39 is 0 Å². The van der Waals surface area contributed by atoms with Crippen LogP contribution in [0.2, 0.25) is 0 Å². The van der Waals surface area contributed by atoms with Crippen molar-refractivity contribution in [2.24, 2.45) is 0 Å². The van der Waals surface area contributed by atoms with E-state index in [9.17, 15) is 0 Å². The Morgan fingerprint density at radius 2 is 1.68 bits per heavy atom. The SMILES string of the molecule is COc1ccc(C2c3ccc4ccccc4c3Oc3ncn(Cc4ccccc4)c(=N)c32)cc1. The van der Waals surface area contributed by atoms with Crippen molar-refractivity contribution in [3.63, 3.8) is 0 Å². The Labute approximate surface area is 197 Å². The zero-order chi connectivity index (χ0) is 23.1. The van der Waals surface area contributed by atoms with Gasteiger partial charge in [-0.1, -0.05) is 78.9 Å². The molecule has 0 saturated carbocycles. The Morgan fingerprint density at radius 3 is 2.47 bits per heavy atom. The fourth-order valence-corrected chi connectivity index (χ4v) is 4.74. The monoisotopic (exact) mass is 445 g/mol. The van der Waals surface area contributed by atoms with Gasteiger partial charge in [-0.2, -0.15) is 0 Å². The number of rotatable bonds is 4. The maximum atomic E-state index is 9.15. The summed E-state index contributed by atoms with van der Waals surface area (Å²) in [4.78, 5) is 4.69. The van der Waals surface area contributed by atoms with Crippen LogP contribution >= 0.6 is 0 Å². The molecule has 2 heterocycles. The molecule has 0 bridgehead atoms. The minimum Gasteiger partial charge on any atom is -0.497 e. The van der Waals surface area contributed by atoms with Crippen molar-refractivity contribution >= 4 is 10.8 Å². The van der Waals surface area contributed by atoms with Crippen LogP contribution in [0.1, 0.15) is 28.2 Å². The van der Waals surface area contributed by atoms with Gasteiger partial charge in [0.2, 0.25) is 5.88 Å². The van der Waals surface area contributed by atoms with E-state index in [1.165, 1.54) is 0 Å². The molecule has 0 aliphatic carbocycles. The van der Waals surface area contributed by atoms with Crippen LogP contribution in [-0.2, 0) is 6.54 Å². The van der Waals surface area contributed by atoms with Crippen molar-refractivity contribution < 1.29 is 9.47 Å². The predicted octanol–water partition coefficient (Wildman–Crippen LogP) is 5.86.